The van der Waals surface area contributed by atoms with Crippen LogP contribution in [-0.4, -0.2) is 11.2 Å². The fourth-order valence-electron chi connectivity index (χ4n) is 2.69. The summed E-state index contributed by atoms with van der Waals surface area (Å²) in [4.78, 5) is 0. The van der Waals surface area contributed by atoms with Gasteiger partial charge in [0, 0.05) is 0 Å². The molecule has 0 spiro atoms. The fourth-order valence-corrected chi connectivity index (χ4v) is 2.69. The maximum atomic E-state index is 9.16. The second kappa shape index (κ2) is 17.8. The zero-order valence-electron chi connectivity index (χ0n) is 14.8. The van der Waals surface area contributed by atoms with E-state index in [1.54, 1.807) is 0 Å². The lowest BCUT2D eigenvalue weighted by atomic mass is 10.1. The van der Waals surface area contributed by atoms with Crippen LogP contribution >= 0.6 is 0 Å². The molecule has 0 aliphatic rings. The molecule has 0 rings (SSSR count). The van der Waals surface area contributed by atoms with E-state index in [4.69, 9.17) is 5.11 Å². The van der Waals surface area contributed by atoms with Crippen LogP contribution in [0.25, 0.3) is 0 Å². The number of hydrogen-bond acceptors (Lipinski definition) is 1. The molecule has 1 heteroatoms. The van der Waals surface area contributed by atoms with Crippen molar-refractivity contribution in [3.63, 3.8) is 0 Å². The summed E-state index contributed by atoms with van der Waals surface area (Å²) in [6.07, 6.45) is 24.5. The topological polar surface area (TPSA) is 20.2 Å². The van der Waals surface area contributed by atoms with Crippen molar-refractivity contribution in [3.8, 4) is 0 Å². The van der Waals surface area contributed by atoms with E-state index < -0.39 is 0 Å². The second-order valence-corrected chi connectivity index (χ2v) is 6.58. The normalized spacial score (nSPS) is 13.1. The molecular weight excluding hydrogens is 256 g/mol. The van der Waals surface area contributed by atoms with E-state index in [2.05, 4.69) is 19.1 Å². The molecule has 0 fully saturated rings. The van der Waals surface area contributed by atoms with Gasteiger partial charge in [-0.15, -0.1) is 0 Å². The van der Waals surface area contributed by atoms with Crippen LogP contribution in [0.1, 0.15) is 110 Å². The minimum Gasteiger partial charge on any atom is -0.393 e. The van der Waals surface area contributed by atoms with E-state index in [-0.39, 0.29) is 6.10 Å². The van der Waals surface area contributed by atoms with Crippen molar-refractivity contribution in [2.75, 3.05) is 0 Å². The number of rotatable bonds is 16. The van der Waals surface area contributed by atoms with E-state index in [1.165, 1.54) is 89.9 Å². The Morgan fingerprint density at radius 1 is 0.667 bits per heavy atom. The summed E-state index contributed by atoms with van der Waals surface area (Å²) < 4.78 is 0. The maximum Gasteiger partial charge on any atom is 0.0512 e. The Labute approximate surface area is 134 Å². The summed E-state index contributed by atoms with van der Waals surface area (Å²) in [7, 11) is 0. The molecule has 1 nitrogen and oxygen atoms in total. The number of unbranched alkanes of at least 4 members (excludes halogenated alkanes) is 12. The van der Waals surface area contributed by atoms with Gasteiger partial charge in [-0.25, -0.2) is 0 Å². The minimum absolute atomic E-state index is 0.114. The first-order valence-corrected chi connectivity index (χ1v) is 9.60. The molecule has 0 amide bonds. The fraction of sp³-hybridized carbons (Fsp3) is 0.900. The summed E-state index contributed by atoms with van der Waals surface area (Å²) in [5.74, 6) is 0. The summed E-state index contributed by atoms with van der Waals surface area (Å²) >= 11 is 0. The second-order valence-electron chi connectivity index (χ2n) is 6.58. The van der Waals surface area contributed by atoms with Crippen molar-refractivity contribution < 1.29 is 5.11 Å². The van der Waals surface area contributed by atoms with Crippen LogP contribution in [0.5, 0.6) is 0 Å². The summed E-state index contributed by atoms with van der Waals surface area (Å²) in [6.45, 7) is 4.16. The number of allylic oxidation sites excluding steroid dienone is 2. The van der Waals surface area contributed by atoms with Gasteiger partial charge in [-0.05, 0) is 39.0 Å². The van der Waals surface area contributed by atoms with E-state index >= 15 is 0 Å². The lowest BCUT2D eigenvalue weighted by Gasteiger charge is -2.02. The van der Waals surface area contributed by atoms with Crippen LogP contribution in [0.4, 0.5) is 0 Å². The van der Waals surface area contributed by atoms with E-state index in [0.717, 1.165) is 6.42 Å². The van der Waals surface area contributed by atoms with Crippen molar-refractivity contribution in [3.05, 3.63) is 12.2 Å². The Bertz CT molecular complexity index is 208. The lowest BCUT2D eigenvalue weighted by molar-refractivity contribution is 0.180. The van der Waals surface area contributed by atoms with Gasteiger partial charge in [-0.1, -0.05) is 83.3 Å². The average Bonchev–Trinajstić information content (AvgIpc) is 2.46. The maximum absolute atomic E-state index is 9.16. The quantitative estimate of drug-likeness (QED) is 0.245. The van der Waals surface area contributed by atoms with E-state index in [0.29, 0.717) is 0 Å². The van der Waals surface area contributed by atoms with Gasteiger partial charge in [0.2, 0.25) is 0 Å². The van der Waals surface area contributed by atoms with Crippen molar-refractivity contribution in [1.82, 2.24) is 0 Å². The third-order valence-electron chi connectivity index (χ3n) is 4.13. The molecule has 21 heavy (non-hydrogen) atoms. The highest BCUT2D eigenvalue weighted by molar-refractivity contribution is 4.81. The van der Waals surface area contributed by atoms with Crippen molar-refractivity contribution in [2.45, 2.75) is 116 Å². The number of aliphatic hydroxyl groups is 1. The zero-order chi connectivity index (χ0) is 15.6. The molecule has 0 aliphatic heterocycles. The predicted octanol–water partition coefficient (Wildman–Crippen LogP) is 6.79. The molecule has 126 valence electrons. The lowest BCUT2D eigenvalue weighted by Crippen LogP contribution is -1.98. The van der Waals surface area contributed by atoms with Crippen molar-refractivity contribution >= 4 is 0 Å². The first-order chi connectivity index (χ1) is 10.3. The summed E-state index contributed by atoms with van der Waals surface area (Å²) in [5.41, 5.74) is 0. The molecule has 0 saturated carbocycles. The van der Waals surface area contributed by atoms with Gasteiger partial charge in [0.25, 0.3) is 0 Å². The number of aliphatic hydroxyl groups excluding tert-OH is 1. The molecule has 0 aromatic carbocycles. The summed E-state index contributed by atoms with van der Waals surface area (Å²) in [6, 6.07) is 0. The Morgan fingerprint density at radius 2 is 1.10 bits per heavy atom. The van der Waals surface area contributed by atoms with E-state index in [9.17, 15) is 0 Å². The van der Waals surface area contributed by atoms with Gasteiger partial charge < -0.3 is 5.11 Å². The molecule has 0 saturated heterocycles. The van der Waals surface area contributed by atoms with E-state index in [1.807, 2.05) is 6.92 Å². The predicted molar refractivity (Wildman–Crippen MR) is 95.7 cm³/mol. The highest BCUT2D eigenvalue weighted by Gasteiger charge is 1.94. The van der Waals surface area contributed by atoms with Gasteiger partial charge >= 0.3 is 0 Å². The third-order valence-corrected chi connectivity index (χ3v) is 4.13. The molecule has 0 aromatic rings. The SMILES string of the molecule is CCCCCCCCCCC=CCCCCCCC(C)O. The van der Waals surface area contributed by atoms with Gasteiger partial charge in [0.1, 0.15) is 0 Å². The van der Waals surface area contributed by atoms with Crippen molar-refractivity contribution in [2.24, 2.45) is 0 Å². The highest BCUT2D eigenvalue weighted by atomic mass is 16.3. The molecular formula is C20H40O. The third kappa shape index (κ3) is 19.7. The number of hydrogen-bond donors (Lipinski definition) is 1. The standard InChI is InChI=1S/C20H40O/c1-3-4-5-6-7-8-9-10-11-12-13-14-15-16-17-18-19-20(2)21/h12-13,20-21H,3-11,14-19H2,1-2H3. The van der Waals surface area contributed by atoms with Crippen LogP contribution in [0.2, 0.25) is 0 Å². The first-order valence-electron chi connectivity index (χ1n) is 9.60. The molecule has 1 atom stereocenters. The van der Waals surface area contributed by atoms with Crippen LogP contribution in [0, 0.1) is 0 Å². The van der Waals surface area contributed by atoms with Crippen LogP contribution < -0.4 is 0 Å². The van der Waals surface area contributed by atoms with Crippen LogP contribution in [0.3, 0.4) is 0 Å². The van der Waals surface area contributed by atoms with Gasteiger partial charge in [-0.2, -0.15) is 0 Å². The molecule has 0 aliphatic carbocycles. The average molecular weight is 297 g/mol. The Morgan fingerprint density at radius 3 is 1.57 bits per heavy atom. The molecule has 1 unspecified atom stereocenters. The molecule has 0 bridgehead atoms. The molecule has 0 heterocycles. The highest BCUT2D eigenvalue weighted by Crippen LogP contribution is 2.11. The first kappa shape index (κ1) is 20.7. The molecule has 0 radical (unpaired) electrons. The Balaban J connectivity index is 3.05. The van der Waals surface area contributed by atoms with Crippen molar-refractivity contribution in [1.29, 1.82) is 0 Å². The summed E-state index contributed by atoms with van der Waals surface area (Å²) in [5, 5.41) is 9.16. The Kier molecular flexibility index (Phi) is 17.5. The Hall–Kier alpha value is -0.300. The zero-order valence-corrected chi connectivity index (χ0v) is 14.8. The minimum atomic E-state index is -0.114. The molecule has 0 aromatic heterocycles. The van der Waals surface area contributed by atoms with Gasteiger partial charge in [0.05, 0.1) is 6.10 Å². The smallest absolute Gasteiger partial charge is 0.0512 e. The van der Waals surface area contributed by atoms with Gasteiger partial charge in [0.15, 0.2) is 0 Å². The molecule has 1 N–H and O–H groups in total. The largest absolute Gasteiger partial charge is 0.393 e. The van der Waals surface area contributed by atoms with Crippen LogP contribution in [-0.2, 0) is 0 Å². The van der Waals surface area contributed by atoms with Gasteiger partial charge in [-0.3, -0.25) is 0 Å². The van der Waals surface area contributed by atoms with Crippen LogP contribution in [0.15, 0.2) is 12.2 Å². The monoisotopic (exact) mass is 296 g/mol.